The Morgan fingerprint density at radius 2 is 1.84 bits per heavy atom. The number of benzene rings is 2. The molecule has 4 rings (SSSR count). The highest BCUT2D eigenvalue weighted by Gasteiger charge is 2.14. The van der Waals surface area contributed by atoms with E-state index in [-0.39, 0.29) is 5.91 Å². The summed E-state index contributed by atoms with van der Waals surface area (Å²) in [4.78, 5) is 20.2. The number of carbonyl (C=O) groups is 1. The smallest absolute Gasteiger partial charge is 0.272 e. The zero-order chi connectivity index (χ0) is 22.5. The summed E-state index contributed by atoms with van der Waals surface area (Å²) in [5.41, 5.74) is 6.45. The van der Waals surface area contributed by atoms with Crippen molar-refractivity contribution in [3.05, 3.63) is 82.0 Å². The number of hydrogen-bond donors (Lipinski definition) is 1. The van der Waals surface area contributed by atoms with Gasteiger partial charge < -0.3 is 4.74 Å². The van der Waals surface area contributed by atoms with E-state index in [4.69, 9.17) is 9.72 Å². The topological polar surface area (TPSA) is 63.6 Å². The SMILES string of the molecule is CCOc1ccc(-c2cc(C(=O)N/N=C(/C)c3ccc(CC)s3)c3ccccc3n2)cc1. The number of pyridine rings is 1. The van der Waals surface area contributed by atoms with Crippen LogP contribution in [0.2, 0.25) is 0 Å². The molecule has 0 unspecified atom stereocenters. The highest BCUT2D eigenvalue weighted by Crippen LogP contribution is 2.26. The van der Waals surface area contributed by atoms with E-state index in [1.807, 2.05) is 74.5 Å². The lowest BCUT2D eigenvalue weighted by Crippen LogP contribution is -2.19. The van der Waals surface area contributed by atoms with Gasteiger partial charge in [0.2, 0.25) is 0 Å². The number of hydrazone groups is 1. The van der Waals surface area contributed by atoms with E-state index in [1.54, 1.807) is 11.3 Å². The average molecular weight is 444 g/mol. The number of para-hydroxylation sites is 1. The molecule has 0 bridgehead atoms. The number of thiophene rings is 1. The van der Waals surface area contributed by atoms with Gasteiger partial charge in [0.1, 0.15) is 5.75 Å². The first-order chi connectivity index (χ1) is 15.6. The van der Waals surface area contributed by atoms with Crippen LogP contribution in [-0.2, 0) is 6.42 Å². The molecule has 5 nitrogen and oxygen atoms in total. The van der Waals surface area contributed by atoms with Crippen molar-refractivity contribution in [1.82, 2.24) is 10.4 Å². The van der Waals surface area contributed by atoms with E-state index < -0.39 is 0 Å². The Kier molecular flexibility index (Phi) is 6.61. The highest BCUT2D eigenvalue weighted by atomic mass is 32.1. The average Bonchev–Trinajstić information content (AvgIpc) is 3.32. The van der Waals surface area contributed by atoms with Crippen LogP contribution in [0.1, 0.15) is 40.9 Å². The molecule has 1 N–H and O–H groups in total. The minimum Gasteiger partial charge on any atom is -0.494 e. The van der Waals surface area contributed by atoms with E-state index >= 15 is 0 Å². The summed E-state index contributed by atoms with van der Waals surface area (Å²) >= 11 is 1.69. The summed E-state index contributed by atoms with van der Waals surface area (Å²) in [5, 5.41) is 5.14. The first-order valence-electron chi connectivity index (χ1n) is 10.7. The fourth-order valence-corrected chi connectivity index (χ4v) is 4.30. The van der Waals surface area contributed by atoms with Crippen molar-refractivity contribution in [2.24, 2.45) is 5.10 Å². The third-order valence-electron chi connectivity index (χ3n) is 5.11. The third-order valence-corrected chi connectivity index (χ3v) is 6.45. The van der Waals surface area contributed by atoms with E-state index in [0.29, 0.717) is 12.2 Å². The molecule has 2 aromatic carbocycles. The Hall–Kier alpha value is -3.51. The maximum Gasteiger partial charge on any atom is 0.272 e. The van der Waals surface area contributed by atoms with E-state index in [9.17, 15) is 4.79 Å². The summed E-state index contributed by atoms with van der Waals surface area (Å²) in [6.07, 6.45) is 0.988. The van der Waals surface area contributed by atoms with Crippen molar-refractivity contribution in [3.63, 3.8) is 0 Å². The molecule has 162 valence electrons. The number of aromatic nitrogens is 1. The fraction of sp³-hybridized carbons (Fsp3) is 0.192. The van der Waals surface area contributed by atoms with Crippen LogP contribution in [-0.4, -0.2) is 23.2 Å². The lowest BCUT2D eigenvalue weighted by molar-refractivity contribution is 0.0956. The monoisotopic (exact) mass is 443 g/mol. The Labute approximate surface area is 191 Å². The van der Waals surface area contributed by atoms with Crippen molar-refractivity contribution in [3.8, 4) is 17.0 Å². The highest BCUT2D eigenvalue weighted by molar-refractivity contribution is 7.14. The molecular formula is C26H25N3O2S. The van der Waals surface area contributed by atoms with Gasteiger partial charge in [0.15, 0.2) is 0 Å². The lowest BCUT2D eigenvalue weighted by atomic mass is 10.0. The molecule has 2 aromatic heterocycles. The molecule has 1 amide bonds. The molecule has 4 aromatic rings. The normalized spacial score (nSPS) is 11.5. The summed E-state index contributed by atoms with van der Waals surface area (Å²) in [5.74, 6) is 0.544. The van der Waals surface area contributed by atoms with Crippen molar-refractivity contribution in [2.75, 3.05) is 6.61 Å². The number of ether oxygens (including phenoxy) is 1. The molecular weight excluding hydrogens is 418 g/mol. The molecule has 2 heterocycles. The van der Waals surface area contributed by atoms with Gasteiger partial charge in [-0.3, -0.25) is 4.79 Å². The van der Waals surface area contributed by atoms with Crippen molar-refractivity contribution >= 4 is 33.9 Å². The first kappa shape index (κ1) is 21.7. The second-order valence-corrected chi connectivity index (χ2v) is 8.46. The van der Waals surface area contributed by atoms with Gasteiger partial charge >= 0.3 is 0 Å². The summed E-state index contributed by atoms with van der Waals surface area (Å²) in [7, 11) is 0. The Morgan fingerprint density at radius 3 is 2.56 bits per heavy atom. The molecule has 0 atom stereocenters. The Balaban J connectivity index is 1.66. The Bertz CT molecular complexity index is 1280. The fourth-order valence-electron chi connectivity index (χ4n) is 3.41. The molecule has 0 aliphatic carbocycles. The summed E-state index contributed by atoms with van der Waals surface area (Å²) in [6, 6.07) is 21.3. The van der Waals surface area contributed by atoms with Gasteiger partial charge in [0.25, 0.3) is 5.91 Å². The molecule has 0 saturated heterocycles. The maximum absolute atomic E-state index is 13.1. The Morgan fingerprint density at radius 1 is 1.06 bits per heavy atom. The standard InChI is InChI=1S/C26H25N3O2S/c1-4-20-14-15-25(32-20)17(3)28-29-26(30)22-16-24(27-23-9-7-6-8-21(22)23)18-10-12-19(13-11-18)31-5-2/h6-16H,4-5H2,1-3H3,(H,29,30)/b28-17-. The molecule has 0 radical (unpaired) electrons. The van der Waals surface area contributed by atoms with Gasteiger partial charge in [-0.1, -0.05) is 25.1 Å². The minimum absolute atomic E-state index is 0.262. The van der Waals surface area contributed by atoms with E-state index in [0.717, 1.165) is 44.9 Å². The number of nitrogens with zero attached hydrogens (tertiary/aromatic N) is 2. The zero-order valence-electron chi connectivity index (χ0n) is 18.4. The number of nitrogens with one attached hydrogen (secondary N) is 1. The predicted molar refractivity (Wildman–Crippen MR) is 132 cm³/mol. The predicted octanol–water partition coefficient (Wildman–Crippen LogP) is 6.08. The largest absolute Gasteiger partial charge is 0.494 e. The number of hydrogen-bond acceptors (Lipinski definition) is 5. The van der Waals surface area contributed by atoms with Crippen LogP contribution >= 0.6 is 11.3 Å². The van der Waals surface area contributed by atoms with Gasteiger partial charge in [-0.05, 0) is 68.8 Å². The van der Waals surface area contributed by atoms with Gasteiger partial charge in [-0.15, -0.1) is 11.3 Å². The number of aryl methyl sites for hydroxylation is 1. The van der Waals surface area contributed by atoms with Crippen LogP contribution in [0, 0.1) is 0 Å². The van der Waals surface area contributed by atoms with Crippen LogP contribution in [0.4, 0.5) is 0 Å². The van der Waals surface area contributed by atoms with Crippen LogP contribution in [0.15, 0.2) is 71.8 Å². The molecule has 0 saturated carbocycles. The second-order valence-electron chi connectivity index (χ2n) is 7.29. The maximum atomic E-state index is 13.1. The van der Waals surface area contributed by atoms with E-state index in [2.05, 4.69) is 23.5 Å². The molecule has 0 spiro atoms. The molecule has 0 aliphatic rings. The zero-order valence-corrected chi connectivity index (χ0v) is 19.2. The van der Waals surface area contributed by atoms with Crippen molar-refractivity contribution in [1.29, 1.82) is 0 Å². The van der Waals surface area contributed by atoms with Crippen LogP contribution in [0.25, 0.3) is 22.2 Å². The number of carbonyl (C=O) groups excluding carboxylic acids is 1. The summed E-state index contributed by atoms with van der Waals surface area (Å²) in [6.45, 7) is 6.60. The lowest BCUT2D eigenvalue weighted by Gasteiger charge is -2.10. The van der Waals surface area contributed by atoms with Gasteiger partial charge in [0, 0.05) is 15.8 Å². The van der Waals surface area contributed by atoms with Crippen molar-refractivity contribution in [2.45, 2.75) is 27.2 Å². The second kappa shape index (κ2) is 9.75. The van der Waals surface area contributed by atoms with Gasteiger partial charge in [-0.2, -0.15) is 5.10 Å². The van der Waals surface area contributed by atoms with E-state index in [1.165, 1.54) is 4.88 Å². The van der Waals surface area contributed by atoms with Crippen LogP contribution in [0.5, 0.6) is 5.75 Å². The molecule has 6 heteroatoms. The molecule has 0 fully saturated rings. The molecule has 32 heavy (non-hydrogen) atoms. The van der Waals surface area contributed by atoms with Crippen LogP contribution in [0.3, 0.4) is 0 Å². The van der Waals surface area contributed by atoms with Gasteiger partial charge in [-0.25, -0.2) is 10.4 Å². The quantitative estimate of drug-likeness (QED) is 0.278. The number of fused-ring (bicyclic) bond motifs is 1. The van der Waals surface area contributed by atoms with Gasteiger partial charge in [0.05, 0.1) is 34.0 Å². The first-order valence-corrected chi connectivity index (χ1v) is 11.5. The molecule has 0 aliphatic heterocycles. The summed E-state index contributed by atoms with van der Waals surface area (Å²) < 4.78 is 5.53. The van der Waals surface area contributed by atoms with Crippen molar-refractivity contribution < 1.29 is 9.53 Å². The minimum atomic E-state index is -0.262. The third kappa shape index (κ3) is 4.70. The number of amides is 1. The van der Waals surface area contributed by atoms with Crippen LogP contribution < -0.4 is 10.2 Å². The number of rotatable bonds is 7.